The maximum absolute atomic E-state index is 12.9. The number of carbonyl (C=O) groups excluding carboxylic acids is 3. The van der Waals surface area contributed by atoms with Gasteiger partial charge >= 0.3 is 17.9 Å². The molecule has 0 heterocycles. The van der Waals surface area contributed by atoms with Crippen LogP contribution in [0.25, 0.3) is 0 Å². The molecule has 0 aliphatic carbocycles. The Bertz CT molecular complexity index is 1280. The minimum atomic E-state index is -0.770. The van der Waals surface area contributed by atoms with Crippen LogP contribution in [-0.4, -0.2) is 37.2 Å². The fourth-order valence-electron chi connectivity index (χ4n) is 11.8. The van der Waals surface area contributed by atoms with E-state index in [9.17, 15) is 14.4 Å². The van der Waals surface area contributed by atoms with Gasteiger partial charge in [0.25, 0.3) is 0 Å². The van der Waals surface area contributed by atoms with E-state index in [1.54, 1.807) is 0 Å². The molecule has 6 nitrogen and oxygen atoms in total. The van der Waals surface area contributed by atoms with Crippen molar-refractivity contribution in [1.29, 1.82) is 0 Å². The highest BCUT2D eigenvalue weighted by Crippen LogP contribution is 2.20. The predicted octanol–water partition coefficient (Wildman–Crippen LogP) is 26.0. The van der Waals surface area contributed by atoms with Crippen molar-refractivity contribution in [3.63, 3.8) is 0 Å². The average Bonchev–Trinajstić information content (AvgIpc) is 3.48. The highest BCUT2D eigenvalue weighted by atomic mass is 16.6. The third-order valence-electron chi connectivity index (χ3n) is 17.5. The van der Waals surface area contributed by atoms with Crippen molar-refractivity contribution < 1.29 is 28.6 Å². The Labute approximate surface area is 513 Å². The maximum Gasteiger partial charge on any atom is 0.306 e. The molecule has 82 heavy (non-hydrogen) atoms. The first-order chi connectivity index (χ1) is 40.5. The highest BCUT2D eigenvalue weighted by Gasteiger charge is 2.20. The standard InChI is InChI=1S/C76H146O6/c1-4-7-10-13-16-19-22-24-26-28-30-32-33-34-35-36-37-38-39-40-41-42-44-45-47-49-51-54-57-60-63-66-69-75(78)81-72-73(71-80-74(77)68-65-62-59-56-53-21-18-15-12-9-6-3)82-76(79)70-67-64-61-58-55-52-50-48-46-43-31-29-27-25-23-20-17-14-11-8-5-2/h15,18,73H,4-14,16-17,19-72H2,1-3H3/b18-15-. The van der Waals surface area contributed by atoms with Crippen molar-refractivity contribution >= 4 is 17.9 Å². The first kappa shape index (κ1) is 80.2. The summed E-state index contributed by atoms with van der Waals surface area (Å²) in [6.07, 6.45) is 87.1. The van der Waals surface area contributed by atoms with Gasteiger partial charge in [0, 0.05) is 19.3 Å². The van der Waals surface area contributed by atoms with E-state index in [4.69, 9.17) is 14.2 Å². The van der Waals surface area contributed by atoms with Crippen LogP contribution in [0.1, 0.15) is 438 Å². The number of unbranched alkanes of at least 4 members (excludes halogenated alkanes) is 58. The summed E-state index contributed by atoms with van der Waals surface area (Å²) in [5.74, 6) is -0.841. The van der Waals surface area contributed by atoms with Gasteiger partial charge in [-0.25, -0.2) is 0 Å². The van der Waals surface area contributed by atoms with Crippen molar-refractivity contribution in [3.05, 3.63) is 12.2 Å². The van der Waals surface area contributed by atoms with Gasteiger partial charge < -0.3 is 14.2 Å². The summed E-state index contributed by atoms with van der Waals surface area (Å²) >= 11 is 0. The van der Waals surface area contributed by atoms with Gasteiger partial charge in [-0.15, -0.1) is 0 Å². The summed E-state index contributed by atoms with van der Waals surface area (Å²) in [5.41, 5.74) is 0. The molecular weight excluding hydrogens is 1010 g/mol. The second-order valence-electron chi connectivity index (χ2n) is 25.9. The first-order valence-electron chi connectivity index (χ1n) is 37.7. The van der Waals surface area contributed by atoms with Gasteiger partial charge in [-0.2, -0.15) is 0 Å². The third kappa shape index (κ3) is 68.9. The fourth-order valence-corrected chi connectivity index (χ4v) is 11.8. The number of rotatable bonds is 71. The van der Waals surface area contributed by atoms with Crippen LogP contribution in [0.3, 0.4) is 0 Å². The zero-order chi connectivity index (χ0) is 59.2. The molecule has 0 aromatic rings. The Morgan fingerprint density at radius 2 is 0.415 bits per heavy atom. The number of esters is 3. The lowest BCUT2D eigenvalue weighted by atomic mass is 10.0. The molecule has 0 aliphatic heterocycles. The minimum absolute atomic E-state index is 0.0658. The van der Waals surface area contributed by atoms with Crippen LogP contribution in [0.4, 0.5) is 0 Å². The summed E-state index contributed by atoms with van der Waals surface area (Å²) in [7, 11) is 0. The molecule has 0 fully saturated rings. The van der Waals surface area contributed by atoms with E-state index >= 15 is 0 Å². The molecule has 0 bridgehead atoms. The van der Waals surface area contributed by atoms with Crippen molar-refractivity contribution in [2.75, 3.05) is 13.2 Å². The van der Waals surface area contributed by atoms with E-state index in [2.05, 4.69) is 32.9 Å². The Hall–Kier alpha value is -1.85. The van der Waals surface area contributed by atoms with Crippen LogP contribution in [0.15, 0.2) is 12.2 Å². The normalized spacial score (nSPS) is 12.0. The Balaban J connectivity index is 4.06. The molecule has 0 saturated carbocycles. The highest BCUT2D eigenvalue weighted by molar-refractivity contribution is 5.71. The summed E-state index contributed by atoms with van der Waals surface area (Å²) < 4.78 is 17.0. The molecule has 0 aromatic carbocycles. The van der Waals surface area contributed by atoms with Crippen LogP contribution in [-0.2, 0) is 28.6 Å². The molecule has 486 valence electrons. The van der Waals surface area contributed by atoms with Crippen LogP contribution in [0.2, 0.25) is 0 Å². The van der Waals surface area contributed by atoms with Gasteiger partial charge in [0.05, 0.1) is 0 Å². The molecule has 0 aliphatic rings. The lowest BCUT2D eigenvalue weighted by Gasteiger charge is -2.18. The van der Waals surface area contributed by atoms with E-state index in [0.29, 0.717) is 19.3 Å². The number of allylic oxidation sites excluding steroid dienone is 2. The van der Waals surface area contributed by atoms with Gasteiger partial charge in [0.2, 0.25) is 0 Å². The van der Waals surface area contributed by atoms with Crippen LogP contribution >= 0.6 is 0 Å². The van der Waals surface area contributed by atoms with Crippen molar-refractivity contribution in [3.8, 4) is 0 Å². The predicted molar refractivity (Wildman–Crippen MR) is 358 cm³/mol. The van der Waals surface area contributed by atoms with Crippen LogP contribution in [0.5, 0.6) is 0 Å². The smallest absolute Gasteiger partial charge is 0.306 e. The minimum Gasteiger partial charge on any atom is -0.462 e. The van der Waals surface area contributed by atoms with E-state index in [-0.39, 0.29) is 31.1 Å². The molecule has 0 spiro atoms. The fraction of sp³-hybridized carbons (Fsp3) is 0.934. The van der Waals surface area contributed by atoms with Gasteiger partial charge in [-0.05, 0) is 38.5 Å². The lowest BCUT2D eigenvalue weighted by molar-refractivity contribution is -0.167. The molecule has 0 rings (SSSR count). The maximum atomic E-state index is 12.9. The topological polar surface area (TPSA) is 78.9 Å². The van der Waals surface area contributed by atoms with Gasteiger partial charge in [0.15, 0.2) is 6.10 Å². The molecule has 0 N–H and O–H groups in total. The Kier molecular flexibility index (Phi) is 70.0. The summed E-state index contributed by atoms with van der Waals surface area (Å²) in [5, 5.41) is 0. The monoisotopic (exact) mass is 1160 g/mol. The molecule has 6 heteroatoms. The van der Waals surface area contributed by atoms with Crippen molar-refractivity contribution in [1.82, 2.24) is 0 Å². The molecule has 0 radical (unpaired) electrons. The first-order valence-corrected chi connectivity index (χ1v) is 37.7. The second-order valence-corrected chi connectivity index (χ2v) is 25.9. The number of carbonyl (C=O) groups is 3. The number of ether oxygens (including phenoxy) is 3. The second kappa shape index (κ2) is 71.6. The summed E-state index contributed by atoms with van der Waals surface area (Å²) in [4.78, 5) is 38.4. The van der Waals surface area contributed by atoms with Crippen LogP contribution < -0.4 is 0 Å². The lowest BCUT2D eigenvalue weighted by Crippen LogP contribution is -2.30. The zero-order valence-corrected chi connectivity index (χ0v) is 56.1. The molecule has 1 atom stereocenters. The Morgan fingerprint density at radius 1 is 0.232 bits per heavy atom. The molecular formula is C76H146O6. The van der Waals surface area contributed by atoms with Crippen LogP contribution in [0, 0.1) is 0 Å². The van der Waals surface area contributed by atoms with Gasteiger partial charge in [-0.1, -0.05) is 392 Å². The van der Waals surface area contributed by atoms with E-state index in [0.717, 1.165) is 64.2 Å². The van der Waals surface area contributed by atoms with Gasteiger partial charge in [0.1, 0.15) is 13.2 Å². The average molecular weight is 1160 g/mol. The number of hydrogen-bond donors (Lipinski definition) is 0. The van der Waals surface area contributed by atoms with E-state index in [1.165, 1.54) is 334 Å². The molecule has 0 saturated heterocycles. The third-order valence-corrected chi connectivity index (χ3v) is 17.5. The van der Waals surface area contributed by atoms with Crippen molar-refractivity contribution in [2.45, 2.75) is 444 Å². The molecule has 0 aromatic heterocycles. The largest absolute Gasteiger partial charge is 0.462 e. The zero-order valence-electron chi connectivity index (χ0n) is 56.1. The SMILES string of the molecule is CCCC/C=C\CCCCCCCC(=O)OCC(COC(=O)CCCCCCCCCCCCCCCCCCCCCCCCCCCCCCCCCC)OC(=O)CCCCCCCCCCCCCCCCCCCCCCC. The molecule has 1 unspecified atom stereocenters. The summed E-state index contributed by atoms with van der Waals surface area (Å²) in [6.45, 7) is 6.69. The van der Waals surface area contributed by atoms with E-state index in [1.807, 2.05) is 0 Å². The van der Waals surface area contributed by atoms with E-state index < -0.39 is 6.10 Å². The number of hydrogen-bond acceptors (Lipinski definition) is 6. The van der Waals surface area contributed by atoms with Gasteiger partial charge in [-0.3, -0.25) is 14.4 Å². The summed E-state index contributed by atoms with van der Waals surface area (Å²) in [6, 6.07) is 0. The Morgan fingerprint density at radius 3 is 0.646 bits per heavy atom. The van der Waals surface area contributed by atoms with Crippen molar-refractivity contribution in [2.24, 2.45) is 0 Å². The quantitative estimate of drug-likeness (QED) is 0.0261. The molecule has 0 amide bonds.